The maximum absolute atomic E-state index is 10.7. The first-order valence-electron chi connectivity index (χ1n) is 4.69. The molecule has 15 heavy (non-hydrogen) atoms. The maximum Gasteiger partial charge on any atom is 0.151 e. The topological polar surface area (TPSA) is 26.3 Å². The summed E-state index contributed by atoms with van der Waals surface area (Å²) in [6, 6.07) is 5.20. The van der Waals surface area contributed by atoms with Gasteiger partial charge in [0.05, 0.1) is 6.61 Å². The minimum Gasteiger partial charge on any atom is -0.363 e. The van der Waals surface area contributed by atoms with E-state index in [2.05, 4.69) is 0 Å². The Balaban J connectivity index is 2.04. The molecule has 0 bridgehead atoms. The van der Waals surface area contributed by atoms with Crippen LogP contribution in [0.15, 0.2) is 18.2 Å². The zero-order chi connectivity index (χ0) is 10.9. The van der Waals surface area contributed by atoms with Crippen LogP contribution in [-0.4, -0.2) is 11.9 Å². The first-order valence-corrected chi connectivity index (χ1v) is 5.45. The third kappa shape index (κ3) is 2.51. The Hall–Kier alpha value is -0.570. The Bertz CT molecular complexity index is 386. The van der Waals surface area contributed by atoms with Crippen molar-refractivity contribution in [2.45, 2.75) is 25.0 Å². The lowest BCUT2D eigenvalue weighted by Gasteiger charge is -2.10. The van der Waals surface area contributed by atoms with Gasteiger partial charge >= 0.3 is 0 Å². The standard InChI is InChI=1S/C11H10Cl2O2/c12-9-1-2-10(13)8(5-9)6-15-11(7-14)3-4-11/h1-2,5,7H,3-4,6H2. The van der Waals surface area contributed by atoms with E-state index in [4.69, 9.17) is 27.9 Å². The monoisotopic (exact) mass is 244 g/mol. The van der Waals surface area contributed by atoms with Crippen LogP contribution in [0.5, 0.6) is 0 Å². The molecule has 0 heterocycles. The fraction of sp³-hybridized carbons (Fsp3) is 0.364. The van der Waals surface area contributed by atoms with E-state index in [1.165, 1.54) is 0 Å². The fourth-order valence-corrected chi connectivity index (χ4v) is 1.66. The summed E-state index contributed by atoms with van der Waals surface area (Å²) in [6.07, 6.45) is 2.47. The highest BCUT2D eigenvalue weighted by Gasteiger charge is 2.44. The summed E-state index contributed by atoms with van der Waals surface area (Å²) in [5, 5.41) is 1.23. The maximum atomic E-state index is 10.7. The Kier molecular flexibility index (Phi) is 3.01. The van der Waals surface area contributed by atoms with E-state index < -0.39 is 5.60 Å². The van der Waals surface area contributed by atoms with Crippen molar-refractivity contribution in [3.05, 3.63) is 33.8 Å². The highest BCUT2D eigenvalue weighted by atomic mass is 35.5. The van der Waals surface area contributed by atoms with Crippen LogP contribution in [0.2, 0.25) is 10.0 Å². The number of aldehydes is 1. The summed E-state index contributed by atoms with van der Waals surface area (Å²) in [7, 11) is 0. The van der Waals surface area contributed by atoms with Crippen LogP contribution < -0.4 is 0 Å². The van der Waals surface area contributed by atoms with Crippen molar-refractivity contribution < 1.29 is 9.53 Å². The van der Waals surface area contributed by atoms with Crippen molar-refractivity contribution in [3.63, 3.8) is 0 Å². The van der Waals surface area contributed by atoms with Gasteiger partial charge in [-0.25, -0.2) is 0 Å². The molecular formula is C11H10Cl2O2. The molecule has 0 N–H and O–H groups in total. The molecule has 1 aromatic carbocycles. The van der Waals surface area contributed by atoms with E-state index >= 15 is 0 Å². The van der Waals surface area contributed by atoms with Crippen molar-refractivity contribution in [2.75, 3.05) is 0 Å². The van der Waals surface area contributed by atoms with Gasteiger partial charge in [-0.3, -0.25) is 0 Å². The summed E-state index contributed by atoms with van der Waals surface area (Å²) < 4.78 is 5.50. The lowest BCUT2D eigenvalue weighted by atomic mass is 10.2. The lowest BCUT2D eigenvalue weighted by molar-refractivity contribution is -0.121. The average molecular weight is 245 g/mol. The summed E-state index contributed by atoms with van der Waals surface area (Å²) in [4.78, 5) is 10.7. The zero-order valence-corrected chi connectivity index (χ0v) is 9.52. The van der Waals surface area contributed by atoms with E-state index in [1.807, 2.05) is 0 Å². The molecule has 2 nitrogen and oxygen atoms in total. The first kappa shape index (κ1) is 10.9. The Morgan fingerprint density at radius 3 is 2.73 bits per heavy atom. The van der Waals surface area contributed by atoms with Gasteiger partial charge in [0.25, 0.3) is 0 Å². The van der Waals surface area contributed by atoms with Gasteiger partial charge in [-0.05, 0) is 36.6 Å². The average Bonchev–Trinajstić information content (AvgIpc) is 3.00. The molecule has 1 aromatic rings. The van der Waals surface area contributed by atoms with Gasteiger partial charge in [0.1, 0.15) is 5.60 Å². The molecular weight excluding hydrogens is 235 g/mol. The van der Waals surface area contributed by atoms with E-state index in [-0.39, 0.29) is 0 Å². The predicted molar refractivity (Wildman–Crippen MR) is 59.3 cm³/mol. The van der Waals surface area contributed by atoms with Crippen LogP contribution >= 0.6 is 23.2 Å². The Labute approximate surface area is 98.1 Å². The second-order valence-electron chi connectivity index (χ2n) is 3.71. The molecule has 1 aliphatic rings. The van der Waals surface area contributed by atoms with Gasteiger partial charge in [0.15, 0.2) is 6.29 Å². The summed E-state index contributed by atoms with van der Waals surface area (Å²) in [6.45, 7) is 0.331. The molecule has 4 heteroatoms. The number of hydrogen-bond acceptors (Lipinski definition) is 2. The summed E-state index contributed by atoms with van der Waals surface area (Å²) in [5.41, 5.74) is 0.267. The molecule has 0 atom stereocenters. The van der Waals surface area contributed by atoms with Crippen molar-refractivity contribution in [3.8, 4) is 0 Å². The summed E-state index contributed by atoms with van der Waals surface area (Å²) >= 11 is 11.8. The number of hydrogen-bond donors (Lipinski definition) is 0. The molecule has 80 valence electrons. The molecule has 1 aliphatic carbocycles. The number of benzene rings is 1. The van der Waals surface area contributed by atoms with E-state index in [0.29, 0.717) is 16.7 Å². The van der Waals surface area contributed by atoms with Gasteiger partial charge in [-0.15, -0.1) is 0 Å². The van der Waals surface area contributed by atoms with Crippen LogP contribution in [0.4, 0.5) is 0 Å². The van der Waals surface area contributed by atoms with Crippen molar-refractivity contribution in [1.29, 1.82) is 0 Å². The van der Waals surface area contributed by atoms with Crippen LogP contribution in [-0.2, 0) is 16.1 Å². The molecule has 0 spiro atoms. The zero-order valence-electron chi connectivity index (χ0n) is 8.00. The van der Waals surface area contributed by atoms with Gasteiger partial charge in [-0.1, -0.05) is 23.2 Å². The third-order valence-electron chi connectivity index (χ3n) is 2.48. The normalized spacial score (nSPS) is 17.5. The van der Waals surface area contributed by atoms with Gasteiger partial charge in [0, 0.05) is 10.0 Å². The van der Waals surface area contributed by atoms with Crippen LogP contribution in [0.3, 0.4) is 0 Å². The molecule has 0 radical (unpaired) electrons. The minimum atomic E-state index is -0.550. The SMILES string of the molecule is O=CC1(OCc2cc(Cl)ccc2Cl)CC1. The lowest BCUT2D eigenvalue weighted by Crippen LogP contribution is -2.15. The van der Waals surface area contributed by atoms with Gasteiger partial charge in [0.2, 0.25) is 0 Å². The minimum absolute atomic E-state index is 0.331. The van der Waals surface area contributed by atoms with E-state index in [9.17, 15) is 4.79 Å². The fourth-order valence-electron chi connectivity index (χ4n) is 1.29. The number of rotatable bonds is 4. The van der Waals surface area contributed by atoms with E-state index in [0.717, 1.165) is 24.7 Å². The van der Waals surface area contributed by atoms with E-state index in [1.54, 1.807) is 18.2 Å². The number of halogens is 2. The second-order valence-corrected chi connectivity index (χ2v) is 4.55. The molecule has 0 saturated heterocycles. The quantitative estimate of drug-likeness (QED) is 0.761. The van der Waals surface area contributed by atoms with Crippen molar-refractivity contribution >= 4 is 29.5 Å². The first-order chi connectivity index (χ1) is 7.15. The number of carbonyl (C=O) groups is 1. The van der Waals surface area contributed by atoms with Gasteiger partial charge in [-0.2, -0.15) is 0 Å². The molecule has 2 rings (SSSR count). The van der Waals surface area contributed by atoms with Crippen molar-refractivity contribution in [2.24, 2.45) is 0 Å². The highest BCUT2D eigenvalue weighted by Crippen LogP contribution is 2.38. The molecule has 0 aliphatic heterocycles. The molecule has 0 amide bonds. The Morgan fingerprint density at radius 2 is 2.13 bits per heavy atom. The molecule has 0 aromatic heterocycles. The molecule has 0 unspecified atom stereocenters. The highest BCUT2D eigenvalue weighted by molar-refractivity contribution is 6.33. The number of ether oxygens (including phenoxy) is 1. The van der Waals surface area contributed by atoms with Crippen LogP contribution in [0.1, 0.15) is 18.4 Å². The van der Waals surface area contributed by atoms with Gasteiger partial charge < -0.3 is 9.53 Å². The largest absolute Gasteiger partial charge is 0.363 e. The van der Waals surface area contributed by atoms with Crippen LogP contribution in [0, 0.1) is 0 Å². The molecule has 1 saturated carbocycles. The Morgan fingerprint density at radius 1 is 1.40 bits per heavy atom. The smallest absolute Gasteiger partial charge is 0.151 e. The predicted octanol–water partition coefficient (Wildman–Crippen LogP) is 3.24. The molecule has 1 fully saturated rings. The van der Waals surface area contributed by atoms with Crippen LogP contribution in [0.25, 0.3) is 0 Å². The number of carbonyl (C=O) groups excluding carboxylic acids is 1. The summed E-state index contributed by atoms with van der Waals surface area (Å²) in [5.74, 6) is 0. The second kappa shape index (κ2) is 4.12. The van der Waals surface area contributed by atoms with Crippen molar-refractivity contribution in [1.82, 2.24) is 0 Å². The third-order valence-corrected chi connectivity index (χ3v) is 3.08.